The number of carbonyl (C=O) groups excluding carboxylic acids is 1. The molecule has 0 bridgehead atoms. The van der Waals surface area contributed by atoms with Crippen molar-refractivity contribution in [3.63, 3.8) is 0 Å². The lowest BCUT2D eigenvalue weighted by Crippen LogP contribution is -2.20. The Labute approximate surface area is 145 Å². The van der Waals surface area contributed by atoms with E-state index >= 15 is 0 Å². The van der Waals surface area contributed by atoms with Gasteiger partial charge in [-0.25, -0.2) is 15.0 Å². The number of methoxy groups -OCH3 is 1. The Morgan fingerprint density at radius 1 is 1.00 bits per heavy atom. The van der Waals surface area contributed by atoms with Crippen LogP contribution in [-0.2, 0) is 0 Å². The fourth-order valence-electron chi connectivity index (χ4n) is 2.94. The molecule has 1 aromatic heterocycles. The minimum atomic E-state index is -0.0692. The van der Waals surface area contributed by atoms with E-state index < -0.39 is 0 Å². The lowest BCUT2D eigenvalue weighted by Gasteiger charge is -2.19. The van der Waals surface area contributed by atoms with Gasteiger partial charge in [0.05, 0.1) is 12.7 Å². The molecular formula is C19H16N4O2. The van der Waals surface area contributed by atoms with Crippen LogP contribution in [0.25, 0.3) is 5.57 Å². The first-order chi connectivity index (χ1) is 12.1. The van der Waals surface area contributed by atoms with Crippen LogP contribution in [0.1, 0.15) is 21.5 Å². The molecule has 4 rings (SSSR count). The van der Waals surface area contributed by atoms with Gasteiger partial charge in [0.25, 0.3) is 0 Å². The van der Waals surface area contributed by atoms with Gasteiger partial charge in [-0.1, -0.05) is 24.3 Å². The Balaban J connectivity index is 1.96. The van der Waals surface area contributed by atoms with Crippen molar-refractivity contribution < 1.29 is 9.53 Å². The van der Waals surface area contributed by atoms with E-state index in [0.29, 0.717) is 34.2 Å². The first kappa shape index (κ1) is 15.3. The lowest BCUT2D eigenvalue weighted by atomic mass is 9.84. The highest BCUT2D eigenvalue weighted by Gasteiger charge is 2.34. The Hall–Kier alpha value is -3.28. The third-order valence-corrected chi connectivity index (χ3v) is 4.17. The molecule has 0 atom stereocenters. The number of rotatable bonds is 2. The van der Waals surface area contributed by atoms with E-state index in [-0.39, 0.29) is 5.78 Å². The summed E-state index contributed by atoms with van der Waals surface area (Å²) in [6, 6.07) is 11.0. The van der Waals surface area contributed by atoms with Crippen LogP contribution in [0.3, 0.4) is 0 Å². The van der Waals surface area contributed by atoms with Gasteiger partial charge in [0, 0.05) is 43.0 Å². The van der Waals surface area contributed by atoms with Gasteiger partial charge in [0.2, 0.25) is 11.8 Å². The predicted molar refractivity (Wildman–Crippen MR) is 96.1 cm³/mol. The predicted octanol–water partition coefficient (Wildman–Crippen LogP) is 2.42. The number of hydrogen-bond donors (Lipinski definition) is 0. The van der Waals surface area contributed by atoms with Crippen molar-refractivity contribution >= 4 is 23.0 Å². The first-order valence-corrected chi connectivity index (χ1v) is 7.84. The molecule has 2 heterocycles. The van der Waals surface area contributed by atoms with E-state index in [9.17, 15) is 4.79 Å². The molecule has 0 fully saturated rings. The number of fused-ring (bicyclic) bond motifs is 3. The molecule has 6 heteroatoms. The normalized spacial score (nSPS) is 15.4. The molecule has 25 heavy (non-hydrogen) atoms. The SMILES string of the molecule is COc1ccc(C2=C3N=C(N(C)C)N=C3c3ccccc3C2=O)cn1. The molecule has 0 unspecified atom stereocenters. The largest absolute Gasteiger partial charge is 0.481 e. The molecule has 0 amide bonds. The van der Waals surface area contributed by atoms with E-state index in [0.717, 1.165) is 11.3 Å². The number of allylic oxidation sites excluding steroid dienone is 2. The maximum Gasteiger partial charge on any atom is 0.226 e. The second-order valence-corrected chi connectivity index (χ2v) is 5.95. The quantitative estimate of drug-likeness (QED) is 0.847. The van der Waals surface area contributed by atoms with Crippen LogP contribution in [0.2, 0.25) is 0 Å². The van der Waals surface area contributed by atoms with Gasteiger partial charge in [-0.3, -0.25) is 4.79 Å². The number of benzene rings is 1. The van der Waals surface area contributed by atoms with Gasteiger partial charge >= 0.3 is 0 Å². The van der Waals surface area contributed by atoms with Crippen LogP contribution in [0.15, 0.2) is 58.3 Å². The number of aromatic nitrogens is 1. The fraction of sp³-hybridized carbons (Fsp3) is 0.158. The first-order valence-electron chi connectivity index (χ1n) is 7.84. The molecule has 0 saturated heterocycles. The van der Waals surface area contributed by atoms with Gasteiger partial charge in [0.1, 0.15) is 11.4 Å². The number of carbonyl (C=O) groups is 1. The van der Waals surface area contributed by atoms with Crippen molar-refractivity contribution in [3.05, 3.63) is 65.0 Å². The summed E-state index contributed by atoms with van der Waals surface area (Å²) in [4.78, 5) is 28.4. The number of ketones is 1. The maximum atomic E-state index is 13.1. The van der Waals surface area contributed by atoms with Crippen LogP contribution >= 0.6 is 0 Å². The number of Topliss-reactive ketones (excluding diaryl/α,β-unsaturated/α-hetero) is 1. The zero-order valence-electron chi connectivity index (χ0n) is 14.1. The molecular weight excluding hydrogens is 316 g/mol. The Kier molecular flexibility index (Phi) is 3.46. The Morgan fingerprint density at radius 3 is 2.40 bits per heavy atom. The van der Waals surface area contributed by atoms with Gasteiger partial charge in [-0.05, 0) is 6.07 Å². The molecule has 2 aliphatic rings. The summed E-state index contributed by atoms with van der Waals surface area (Å²) in [5.74, 6) is 1.00. The molecule has 6 nitrogen and oxygen atoms in total. The van der Waals surface area contributed by atoms with Crippen molar-refractivity contribution in [2.75, 3.05) is 21.2 Å². The average molecular weight is 332 g/mol. The van der Waals surface area contributed by atoms with Crippen molar-refractivity contribution in [2.45, 2.75) is 0 Å². The summed E-state index contributed by atoms with van der Waals surface area (Å²) in [7, 11) is 5.31. The maximum absolute atomic E-state index is 13.1. The number of guanidine groups is 1. The summed E-state index contributed by atoms with van der Waals surface area (Å²) in [6.07, 6.45) is 1.63. The number of aliphatic imine (C=N–C) groups is 2. The lowest BCUT2D eigenvalue weighted by molar-refractivity contribution is 0.105. The number of nitrogens with zero attached hydrogens (tertiary/aromatic N) is 4. The van der Waals surface area contributed by atoms with Gasteiger partial charge in [-0.2, -0.15) is 0 Å². The van der Waals surface area contributed by atoms with Crippen molar-refractivity contribution in [2.24, 2.45) is 9.98 Å². The summed E-state index contributed by atoms with van der Waals surface area (Å²) in [5.41, 5.74) is 3.99. The molecule has 0 saturated carbocycles. The Bertz CT molecular complexity index is 969. The highest BCUT2D eigenvalue weighted by Crippen LogP contribution is 2.36. The topological polar surface area (TPSA) is 67.2 Å². The number of hydrogen-bond acceptors (Lipinski definition) is 6. The minimum Gasteiger partial charge on any atom is -0.481 e. The smallest absolute Gasteiger partial charge is 0.226 e. The third-order valence-electron chi connectivity index (χ3n) is 4.17. The zero-order chi connectivity index (χ0) is 17.6. The molecule has 2 aromatic rings. The molecule has 0 spiro atoms. The highest BCUT2D eigenvalue weighted by molar-refractivity contribution is 6.43. The van der Waals surface area contributed by atoms with Crippen LogP contribution in [0.4, 0.5) is 0 Å². The average Bonchev–Trinajstić information content (AvgIpc) is 3.08. The van der Waals surface area contributed by atoms with Crippen molar-refractivity contribution in [1.82, 2.24) is 9.88 Å². The summed E-state index contributed by atoms with van der Waals surface area (Å²) in [6.45, 7) is 0. The van der Waals surface area contributed by atoms with Gasteiger partial charge < -0.3 is 9.64 Å². The van der Waals surface area contributed by atoms with E-state index in [2.05, 4.69) is 15.0 Å². The molecule has 1 aromatic carbocycles. The summed E-state index contributed by atoms with van der Waals surface area (Å²) >= 11 is 0. The van der Waals surface area contributed by atoms with Crippen molar-refractivity contribution in [3.8, 4) is 5.88 Å². The monoisotopic (exact) mass is 332 g/mol. The second kappa shape index (κ2) is 5.66. The summed E-state index contributed by atoms with van der Waals surface area (Å²) in [5, 5.41) is 0. The second-order valence-electron chi connectivity index (χ2n) is 5.95. The van der Waals surface area contributed by atoms with Crippen LogP contribution < -0.4 is 4.74 Å². The zero-order valence-corrected chi connectivity index (χ0v) is 14.1. The summed E-state index contributed by atoms with van der Waals surface area (Å²) < 4.78 is 5.10. The molecule has 0 N–H and O–H groups in total. The molecule has 1 aliphatic heterocycles. The van der Waals surface area contributed by atoms with E-state index in [1.807, 2.05) is 49.3 Å². The van der Waals surface area contributed by atoms with E-state index in [4.69, 9.17) is 4.74 Å². The molecule has 0 radical (unpaired) electrons. The van der Waals surface area contributed by atoms with Crippen molar-refractivity contribution in [1.29, 1.82) is 0 Å². The number of ether oxygens (including phenoxy) is 1. The minimum absolute atomic E-state index is 0.0692. The highest BCUT2D eigenvalue weighted by atomic mass is 16.5. The van der Waals surface area contributed by atoms with Gasteiger partial charge in [-0.15, -0.1) is 0 Å². The fourth-order valence-corrected chi connectivity index (χ4v) is 2.94. The van der Waals surface area contributed by atoms with Crippen LogP contribution in [0.5, 0.6) is 5.88 Å². The molecule has 1 aliphatic carbocycles. The third kappa shape index (κ3) is 2.34. The van der Waals surface area contributed by atoms with E-state index in [1.54, 1.807) is 19.4 Å². The number of pyridine rings is 1. The standard InChI is InChI=1S/C19H16N4O2/c1-23(2)19-21-16-12-6-4-5-7-13(12)18(24)15(17(16)22-19)11-8-9-14(25-3)20-10-11/h4-10H,1-3H3. The van der Waals surface area contributed by atoms with Gasteiger partial charge in [0.15, 0.2) is 5.78 Å². The molecule has 124 valence electrons. The van der Waals surface area contributed by atoms with Crippen LogP contribution in [-0.4, -0.2) is 48.5 Å². The van der Waals surface area contributed by atoms with E-state index in [1.165, 1.54) is 0 Å². The Morgan fingerprint density at radius 2 is 1.76 bits per heavy atom. The van der Waals surface area contributed by atoms with Crippen LogP contribution in [0, 0.1) is 0 Å².